The highest BCUT2D eigenvalue weighted by Crippen LogP contribution is 2.63. The van der Waals surface area contributed by atoms with Gasteiger partial charge in [0.1, 0.15) is 0 Å². The molecule has 17 heavy (non-hydrogen) atoms. The van der Waals surface area contributed by atoms with Crippen molar-refractivity contribution in [2.75, 3.05) is 5.73 Å². The van der Waals surface area contributed by atoms with Crippen molar-refractivity contribution in [1.82, 2.24) is 9.88 Å². The number of thiazole rings is 1. The lowest BCUT2D eigenvalue weighted by molar-refractivity contribution is -0.143. The van der Waals surface area contributed by atoms with Crippen LogP contribution in [0.15, 0.2) is 6.20 Å². The molecule has 1 saturated carbocycles. The van der Waals surface area contributed by atoms with Crippen molar-refractivity contribution in [1.29, 1.82) is 0 Å². The number of aromatic nitrogens is 1. The van der Waals surface area contributed by atoms with E-state index in [4.69, 9.17) is 5.73 Å². The minimum Gasteiger partial charge on any atom is -0.375 e. The predicted molar refractivity (Wildman–Crippen MR) is 62.8 cm³/mol. The van der Waals surface area contributed by atoms with Crippen LogP contribution in [0, 0.1) is 17.3 Å². The number of amides is 2. The fraction of sp³-hybridized carbons (Fsp3) is 0.545. The van der Waals surface area contributed by atoms with Crippen molar-refractivity contribution >= 4 is 28.3 Å². The number of carbonyl (C=O) groups excluding carboxylic acids is 2. The van der Waals surface area contributed by atoms with E-state index in [1.165, 1.54) is 16.2 Å². The standard InChI is InChI=1S/C11H13N3O2S/c1-11(2)6-7(11)9(16)14(8(6)15)4-5-3-13-10(12)17-5/h3,6-7H,4H2,1-2H3,(H2,12,13). The molecule has 2 unspecified atom stereocenters. The molecule has 1 saturated heterocycles. The maximum atomic E-state index is 12.0. The second-order valence-electron chi connectivity index (χ2n) is 5.20. The van der Waals surface area contributed by atoms with Gasteiger partial charge < -0.3 is 5.73 Å². The first kappa shape index (κ1) is 10.7. The molecule has 0 bridgehead atoms. The number of hydrogen-bond acceptors (Lipinski definition) is 5. The number of nitrogen functional groups attached to an aromatic ring is 1. The minimum atomic E-state index is -0.141. The zero-order valence-electron chi connectivity index (χ0n) is 9.64. The van der Waals surface area contributed by atoms with Crippen LogP contribution in [0.2, 0.25) is 0 Å². The average Bonchev–Trinajstić information content (AvgIpc) is 2.55. The number of piperidine rings is 1. The zero-order chi connectivity index (χ0) is 12.4. The number of nitrogens with two attached hydrogens (primary N) is 1. The topological polar surface area (TPSA) is 76.3 Å². The van der Waals surface area contributed by atoms with E-state index in [0.717, 1.165) is 4.88 Å². The van der Waals surface area contributed by atoms with Crippen LogP contribution in [-0.4, -0.2) is 21.7 Å². The highest BCUT2D eigenvalue weighted by molar-refractivity contribution is 7.15. The quantitative estimate of drug-likeness (QED) is 0.791. The van der Waals surface area contributed by atoms with Crippen LogP contribution >= 0.6 is 11.3 Å². The number of carbonyl (C=O) groups is 2. The molecule has 1 aliphatic carbocycles. The molecule has 1 aliphatic heterocycles. The normalized spacial score (nSPS) is 29.6. The van der Waals surface area contributed by atoms with Crippen LogP contribution in [0.3, 0.4) is 0 Å². The molecular formula is C11H13N3O2S. The maximum Gasteiger partial charge on any atom is 0.234 e. The molecule has 0 aromatic carbocycles. The number of fused-ring (bicyclic) bond motifs is 1. The first-order valence-electron chi connectivity index (χ1n) is 5.48. The molecular weight excluding hydrogens is 238 g/mol. The largest absolute Gasteiger partial charge is 0.375 e. The Balaban J connectivity index is 1.79. The number of rotatable bonds is 2. The smallest absolute Gasteiger partial charge is 0.234 e. The molecule has 90 valence electrons. The third kappa shape index (κ3) is 1.33. The molecule has 0 radical (unpaired) electrons. The van der Waals surface area contributed by atoms with Gasteiger partial charge in [-0.2, -0.15) is 0 Å². The molecule has 0 spiro atoms. The van der Waals surface area contributed by atoms with Crippen molar-refractivity contribution in [2.24, 2.45) is 17.3 Å². The Labute approximate surface area is 103 Å². The Morgan fingerprint density at radius 3 is 2.47 bits per heavy atom. The van der Waals surface area contributed by atoms with Crippen LogP contribution in [-0.2, 0) is 16.1 Å². The van der Waals surface area contributed by atoms with Crippen molar-refractivity contribution in [2.45, 2.75) is 20.4 Å². The van der Waals surface area contributed by atoms with E-state index in [1.54, 1.807) is 6.20 Å². The van der Waals surface area contributed by atoms with Crippen LogP contribution in [0.1, 0.15) is 18.7 Å². The van der Waals surface area contributed by atoms with Gasteiger partial charge in [-0.05, 0) is 5.41 Å². The molecule has 2 amide bonds. The first-order chi connectivity index (χ1) is 7.93. The molecule has 1 aromatic rings. The molecule has 2 N–H and O–H groups in total. The van der Waals surface area contributed by atoms with E-state index in [2.05, 4.69) is 4.98 Å². The Morgan fingerprint density at radius 2 is 2.00 bits per heavy atom. The molecule has 3 rings (SSSR count). The summed E-state index contributed by atoms with van der Waals surface area (Å²) in [6, 6.07) is 0. The summed E-state index contributed by atoms with van der Waals surface area (Å²) in [5.41, 5.74) is 5.38. The van der Waals surface area contributed by atoms with Gasteiger partial charge in [0, 0.05) is 11.1 Å². The summed E-state index contributed by atoms with van der Waals surface area (Å²) in [7, 11) is 0. The van der Waals surface area contributed by atoms with Gasteiger partial charge in [-0.1, -0.05) is 13.8 Å². The molecule has 1 aromatic heterocycles. The van der Waals surface area contributed by atoms with E-state index < -0.39 is 0 Å². The lowest BCUT2D eigenvalue weighted by Crippen LogP contribution is -2.35. The second-order valence-corrected chi connectivity index (χ2v) is 6.35. The number of hydrogen-bond donors (Lipinski definition) is 1. The lowest BCUT2D eigenvalue weighted by Gasteiger charge is -2.19. The molecule has 6 heteroatoms. The summed E-state index contributed by atoms with van der Waals surface area (Å²) in [5, 5.41) is 0.463. The fourth-order valence-corrected chi connectivity index (χ4v) is 3.38. The van der Waals surface area contributed by atoms with Crippen molar-refractivity contribution < 1.29 is 9.59 Å². The summed E-state index contributed by atoms with van der Waals surface area (Å²) in [5.74, 6) is -0.311. The minimum absolute atomic E-state index is 0.0445. The summed E-state index contributed by atoms with van der Waals surface area (Å²) in [4.78, 5) is 30.2. The van der Waals surface area contributed by atoms with Crippen molar-refractivity contribution in [3.8, 4) is 0 Å². The van der Waals surface area contributed by atoms with Crippen LogP contribution < -0.4 is 5.73 Å². The Bertz CT molecular complexity index is 499. The van der Waals surface area contributed by atoms with E-state index in [9.17, 15) is 9.59 Å². The van der Waals surface area contributed by atoms with Crippen LogP contribution in [0.4, 0.5) is 5.13 Å². The van der Waals surface area contributed by atoms with Crippen LogP contribution in [0.25, 0.3) is 0 Å². The highest BCUT2D eigenvalue weighted by atomic mass is 32.1. The first-order valence-corrected chi connectivity index (χ1v) is 6.30. The molecule has 2 heterocycles. The number of likely N-dealkylation sites (tertiary alicyclic amines) is 1. The van der Waals surface area contributed by atoms with Gasteiger partial charge in [-0.25, -0.2) is 4.98 Å². The van der Waals surface area contributed by atoms with Crippen molar-refractivity contribution in [3.63, 3.8) is 0 Å². The van der Waals surface area contributed by atoms with E-state index in [0.29, 0.717) is 11.7 Å². The van der Waals surface area contributed by atoms with Gasteiger partial charge in [0.2, 0.25) is 11.8 Å². The van der Waals surface area contributed by atoms with E-state index in [1.807, 2.05) is 13.8 Å². The summed E-state index contributed by atoms with van der Waals surface area (Å²) in [6.45, 7) is 4.26. The monoisotopic (exact) mass is 251 g/mol. The van der Waals surface area contributed by atoms with Gasteiger partial charge in [0.25, 0.3) is 0 Å². The zero-order valence-corrected chi connectivity index (χ0v) is 10.5. The molecule has 5 nitrogen and oxygen atoms in total. The molecule has 2 atom stereocenters. The Kier molecular flexibility index (Phi) is 1.93. The SMILES string of the molecule is CC1(C)C2C(=O)N(Cc3cnc(N)s3)C(=O)C21. The maximum absolute atomic E-state index is 12.0. The average molecular weight is 251 g/mol. The number of imide groups is 1. The fourth-order valence-electron chi connectivity index (χ4n) is 2.71. The lowest BCUT2D eigenvalue weighted by atomic mass is 10.1. The Morgan fingerprint density at radius 1 is 1.41 bits per heavy atom. The third-order valence-electron chi connectivity index (χ3n) is 3.78. The van der Waals surface area contributed by atoms with Gasteiger partial charge in [0.15, 0.2) is 5.13 Å². The van der Waals surface area contributed by atoms with Crippen LogP contribution in [0.5, 0.6) is 0 Å². The number of anilines is 1. The highest BCUT2D eigenvalue weighted by Gasteiger charge is 2.72. The second kappa shape index (κ2) is 3.07. The van der Waals surface area contributed by atoms with E-state index >= 15 is 0 Å². The number of nitrogens with zero attached hydrogens (tertiary/aromatic N) is 2. The van der Waals surface area contributed by atoms with Gasteiger partial charge in [0.05, 0.1) is 18.4 Å². The van der Waals surface area contributed by atoms with Gasteiger partial charge in [-0.15, -0.1) is 11.3 Å². The van der Waals surface area contributed by atoms with Gasteiger partial charge in [-0.3, -0.25) is 14.5 Å². The summed E-state index contributed by atoms with van der Waals surface area (Å²) < 4.78 is 0. The summed E-state index contributed by atoms with van der Waals surface area (Å²) >= 11 is 1.32. The predicted octanol–water partition coefficient (Wildman–Crippen LogP) is 0.866. The van der Waals surface area contributed by atoms with Crippen molar-refractivity contribution in [3.05, 3.63) is 11.1 Å². The molecule has 2 aliphatic rings. The van der Waals surface area contributed by atoms with Gasteiger partial charge >= 0.3 is 0 Å². The molecule has 2 fully saturated rings. The summed E-state index contributed by atoms with van der Waals surface area (Å²) in [6.07, 6.45) is 1.62. The van der Waals surface area contributed by atoms with E-state index in [-0.39, 0.29) is 29.1 Å². The third-order valence-corrected chi connectivity index (χ3v) is 4.59. The Hall–Kier alpha value is -1.43.